The second-order valence-corrected chi connectivity index (χ2v) is 4.92. The number of amidine groups is 1. The molecular formula is C14H17F3N2O2. The van der Waals surface area contributed by atoms with E-state index in [2.05, 4.69) is 0 Å². The van der Waals surface area contributed by atoms with Crippen LogP contribution in [0.1, 0.15) is 30.4 Å². The van der Waals surface area contributed by atoms with E-state index in [0.29, 0.717) is 6.61 Å². The largest absolute Gasteiger partial charge is 0.490 e. The average molecular weight is 302 g/mol. The standard InChI is InChI=1S/C14H17F3N2O2/c15-14(16,17)9-4-5-12(11(7-9)13(18)19)21-8-10-3-1-2-6-20-10/h4-5,7,10H,1-3,6,8H2,(H3,18,19). The molecule has 1 aliphatic heterocycles. The lowest BCUT2D eigenvalue weighted by molar-refractivity contribution is -0.137. The van der Waals surface area contributed by atoms with Crippen LogP contribution in [0.2, 0.25) is 0 Å². The van der Waals surface area contributed by atoms with E-state index < -0.39 is 17.6 Å². The van der Waals surface area contributed by atoms with Crippen molar-refractivity contribution in [3.8, 4) is 5.75 Å². The number of benzene rings is 1. The summed E-state index contributed by atoms with van der Waals surface area (Å²) in [7, 11) is 0. The van der Waals surface area contributed by atoms with Gasteiger partial charge in [0, 0.05) is 6.61 Å². The van der Waals surface area contributed by atoms with Crippen molar-refractivity contribution in [3.63, 3.8) is 0 Å². The van der Waals surface area contributed by atoms with Gasteiger partial charge in [0.25, 0.3) is 0 Å². The predicted octanol–water partition coefficient (Wildman–Crippen LogP) is 2.94. The molecule has 1 saturated heterocycles. The number of hydrogen-bond donors (Lipinski definition) is 2. The van der Waals surface area contributed by atoms with Crippen LogP contribution in [0.25, 0.3) is 0 Å². The topological polar surface area (TPSA) is 68.3 Å². The lowest BCUT2D eigenvalue weighted by Gasteiger charge is -2.23. The summed E-state index contributed by atoms with van der Waals surface area (Å²) in [4.78, 5) is 0. The number of ether oxygens (including phenoxy) is 2. The molecule has 0 amide bonds. The van der Waals surface area contributed by atoms with Crippen molar-refractivity contribution in [3.05, 3.63) is 29.3 Å². The van der Waals surface area contributed by atoms with Gasteiger partial charge in [-0.3, -0.25) is 5.41 Å². The van der Waals surface area contributed by atoms with E-state index in [1.165, 1.54) is 6.07 Å². The third kappa shape index (κ3) is 4.10. The maximum absolute atomic E-state index is 12.7. The van der Waals surface area contributed by atoms with Crippen LogP contribution in [0.3, 0.4) is 0 Å². The number of nitrogens with one attached hydrogen (secondary N) is 1. The second kappa shape index (κ2) is 6.34. The van der Waals surface area contributed by atoms with Gasteiger partial charge in [0.05, 0.1) is 17.2 Å². The Labute approximate surface area is 120 Å². The Kier molecular flexibility index (Phi) is 4.72. The highest BCUT2D eigenvalue weighted by Gasteiger charge is 2.31. The molecular weight excluding hydrogens is 285 g/mol. The van der Waals surface area contributed by atoms with Crippen LogP contribution in [0.5, 0.6) is 5.75 Å². The lowest BCUT2D eigenvalue weighted by atomic mass is 10.1. The molecule has 1 heterocycles. The van der Waals surface area contributed by atoms with Crippen molar-refractivity contribution in [2.75, 3.05) is 13.2 Å². The summed E-state index contributed by atoms with van der Waals surface area (Å²) in [6.45, 7) is 0.909. The highest BCUT2D eigenvalue weighted by atomic mass is 19.4. The summed E-state index contributed by atoms with van der Waals surface area (Å²) >= 11 is 0. The van der Waals surface area contributed by atoms with E-state index in [1.54, 1.807) is 0 Å². The maximum Gasteiger partial charge on any atom is 0.416 e. The minimum atomic E-state index is -4.48. The summed E-state index contributed by atoms with van der Waals surface area (Å²) in [5, 5.41) is 7.40. The van der Waals surface area contributed by atoms with Crippen molar-refractivity contribution in [2.24, 2.45) is 5.73 Å². The molecule has 0 aromatic heterocycles. The van der Waals surface area contributed by atoms with Crippen LogP contribution < -0.4 is 10.5 Å². The summed E-state index contributed by atoms with van der Waals surface area (Å²) in [6.07, 6.45) is -1.64. The average Bonchev–Trinajstić information content (AvgIpc) is 2.45. The SMILES string of the molecule is N=C(N)c1cc(C(F)(F)F)ccc1OCC1CCCCO1. The molecule has 3 N–H and O–H groups in total. The first-order valence-corrected chi connectivity index (χ1v) is 6.68. The van der Waals surface area contributed by atoms with Gasteiger partial charge in [-0.1, -0.05) is 0 Å². The van der Waals surface area contributed by atoms with Crippen molar-refractivity contribution in [1.82, 2.24) is 0 Å². The number of hydrogen-bond acceptors (Lipinski definition) is 3. The first kappa shape index (κ1) is 15.6. The second-order valence-electron chi connectivity index (χ2n) is 4.92. The predicted molar refractivity (Wildman–Crippen MR) is 71.5 cm³/mol. The molecule has 1 fully saturated rings. The normalized spacial score (nSPS) is 19.3. The Morgan fingerprint density at radius 3 is 2.71 bits per heavy atom. The molecule has 0 bridgehead atoms. The van der Waals surface area contributed by atoms with E-state index in [4.69, 9.17) is 20.6 Å². The molecule has 1 atom stereocenters. The molecule has 116 valence electrons. The molecule has 21 heavy (non-hydrogen) atoms. The number of rotatable bonds is 4. The fourth-order valence-electron chi connectivity index (χ4n) is 2.16. The van der Waals surface area contributed by atoms with E-state index in [1.807, 2.05) is 0 Å². The summed E-state index contributed by atoms with van der Waals surface area (Å²) < 4.78 is 49.0. The van der Waals surface area contributed by atoms with Gasteiger partial charge in [-0.25, -0.2) is 0 Å². The van der Waals surface area contributed by atoms with E-state index in [0.717, 1.165) is 31.4 Å². The number of nitrogen functional groups attached to an aromatic ring is 1. The summed E-state index contributed by atoms with van der Waals surface area (Å²) in [6, 6.07) is 2.95. The Balaban J connectivity index is 2.12. The van der Waals surface area contributed by atoms with Gasteiger partial charge in [0.2, 0.25) is 0 Å². The van der Waals surface area contributed by atoms with Gasteiger partial charge in [0.1, 0.15) is 18.2 Å². The lowest BCUT2D eigenvalue weighted by Crippen LogP contribution is -2.26. The van der Waals surface area contributed by atoms with Crippen LogP contribution >= 0.6 is 0 Å². The zero-order chi connectivity index (χ0) is 15.5. The Hall–Kier alpha value is -1.76. The van der Waals surface area contributed by atoms with E-state index in [-0.39, 0.29) is 24.0 Å². The van der Waals surface area contributed by atoms with E-state index in [9.17, 15) is 13.2 Å². The number of nitrogens with two attached hydrogens (primary N) is 1. The fraction of sp³-hybridized carbons (Fsp3) is 0.500. The van der Waals surface area contributed by atoms with E-state index >= 15 is 0 Å². The highest BCUT2D eigenvalue weighted by molar-refractivity contribution is 5.97. The van der Waals surface area contributed by atoms with Gasteiger partial charge < -0.3 is 15.2 Å². The quantitative estimate of drug-likeness (QED) is 0.663. The smallest absolute Gasteiger partial charge is 0.416 e. The fourth-order valence-corrected chi connectivity index (χ4v) is 2.16. The highest BCUT2D eigenvalue weighted by Crippen LogP contribution is 2.32. The molecule has 1 aromatic carbocycles. The molecule has 0 saturated carbocycles. The van der Waals surface area contributed by atoms with Crippen LogP contribution in [0, 0.1) is 5.41 Å². The van der Waals surface area contributed by atoms with Gasteiger partial charge in [-0.05, 0) is 37.5 Å². The molecule has 2 rings (SSSR count). The van der Waals surface area contributed by atoms with Gasteiger partial charge >= 0.3 is 6.18 Å². The Bertz CT molecular complexity index is 511. The maximum atomic E-state index is 12.7. The van der Waals surface area contributed by atoms with Crippen molar-refractivity contribution < 1.29 is 22.6 Å². The zero-order valence-corrected chi connectivity index (χ0v) is 11.4. The third-order valence-electron chi connectivity index (χ3n) is 3.30. The van der Waals surface area contributed by atoms with Crippen LogP contribution in [-0.2, 0) is 10.9 Å². The van der Waals surface area contributed by atoms with Crippen molar-refractivity contribution >= 4 is 5.84 Å². The molecule has 7 heteroatoms. The number of halogens is 3. The first-order chi connectivity index (χ1) is 9.88. The molecule has 1 aromatic rings. The molecule has 0 aliphatic carbocycles. The monoisotopic (exact) mass is 302 g/mol. The van der Waals surface area contributed by atoms with Crippen molar-refractivity contribution in [1.29, 1.82) is 5.41 Å². The van der Waals surface area contributed by atoms with Gasteiger partial charge in [-0.15, -0.1) is 0 Å². The van der Waals surface area contributed by atoms with Crippen LogP contribution in [0.15, 0.2) is 18.2 Å². The zero-order valence-electron chi connectivity index (χ0n) is 11.4. The third-order valence-corrected chi connectivity index (χ3v) is 3.30. The molecule has 1 aliphatic rings. The Morgan fingerprint density at radius 1 is 1.38 bits per heavy atom. The van der Waals surface area contributed by atoms with Crippen LogP contribution in [0.4, 0.5) is 13.2 Å². The summed E-state index contributed by atoms with van der Waals surface area (Å²) in [5.41, 5.74) is 4.43. The molecule has 0 spiro atoms. The molecule has 1 unspecified atom stereocenters. The number of alkyl halides is 3. The minimum Gasteiger partial charge on any atom is -0.490 e. The Morgan fingerprint density at radius 2 is 2.14 bits per heavy atom. The van der Waals surface area contributed by atoms with Gasteiger partial charge in [0.15, 0.2) is 0 Å². The summed E-state index contributed by atoms with van der Waals surface area (Å²) in [5.74, 6) is -0.287. The van der Waals surface area contributed by atoms with Crippen LogP contribution in [-0.4, -0.2) is 25.2 Å². The molecule has 0 radical (unpaired) electrons. The van der Waals surface area contributed by atoms with Gasteiger partial charge in [-0.2, -0.15) is 13.2 Å². The first-order valence-electron chi connectivity index (χ1n) is 6.68. The molecule has 4 nitrogen and oxygen atoms in total. The van der Waals surface area contributed by atoms with Crippen molar-refractivity contribution in [2.45, 2.75) is 31.5 Å². The minimum absolute atomic E-state index is 0.0550.